The zero-order valence-electron chi connectivity index (χ0n) is 13.1. The molecular weight excluding hydrogens is 327 g/mol. The van der Waals surface area contributed by atoms with Crippen molar-refractivity contribution < 1.29 is 12.8 Å². The molecule has 1 heterocycles. The van der Waals surface area contributed by atoms with E-state index in [0.717, 1.165) is 22.5 Å². The van der Waals surface area contributed by atoms with Crippen molar-refractivity contribution in [1.29, 1.82) is 0 Å². The van der Waals surface area contributed by atoms with Crippen molar-refractivity contribution in [3.8, 4) is 11.3 Å². The molecule has 124 valence electrons. The highest BCUT2D eigenvalue weighted by Gasteiger charge is 2.10. The Labute approximate surface area is 140 Å². The topological polar surface area (TPSA) is 65.1 Å². The molecule has 0 atom stereocenters. The number of rotatable bonds is 4. The minimum atomic E-state index is -3.69. The van der Waals surface area contributed by atoms with E-state index in [1.54, 1.807) is 18.2 Å². The molecule has 24 heavy (non-hydrogen) atoms. The monoisotopic (exact) mass is 344 g/mol. The van der Waals surface area contributed by atoms with E-state index >= 15 is 0 Å². The van der Waals surface area contributed by atoms with E-state index in [1.165, 1.54) is 24.3 Å². The Balaban J connectivity index is 1.95. The zero-order chi connectivity index (χ0) is 17.3. The summed E-state index contributed by atoms with van der Waals surface area (Å²) in [5, 5.41) is 5.11. The quantitative estimate of drug-likeness (QED) is 0.789. The number of hydrogen-bond donors (Lipinski definition) is 1. The first kappa shape index (κ1) is 16.4. The molecule has 1 aromatic heterocycles. The van der Waals surface area contributed by atoms with Crippen LogP contribution in [0.4, 0.5) is 4.39 Å². The number of hydrogen-bond acceptors (Lipinski definition) is 2. The standard InChI is InChI=1S/C18H17FN2O2S/c1-13-5-10-18(15-3-2-4-16(19)11-15)21(13)12-14-6-8-17(9-7-14)24(20,22)23/h2-11H,12H2,1H3,(H2,20,22,23). The summed E-state index contributed by atoms with van der Waals surface area (Å²) in [7, 11) is -3.69. The van der Waals surface area contributed by atoms with Crippen molar-refractivity contribution in [2.75, 3.05) is 0 Å². The van der Waals surface area contributed by atoms with E-state index < -0.39 is 10.0 Å². The molecule has 0 saturated heterocycles. The number of primary sulfonamides is 1. The normalized spacial score (nSPS) is 11.6. The number of benzene rings is 2. The maximum Gasteiger partial charge on any atom is 0.238 e. The summed E-state index contributed by atoms with van der Waals surface area (Å²) in [5.41, 5.74) is 3.66. The summed E-state index contributed by atoms with van der Waals surface area (Å²) in [5.74, 6) is -0.282. The second kappa shape index (κ2) is 6.22. The molecule has 0 aliphatic rings. The molecular formula is C18H17FN2O2S. The Morgan fingerprint density at radius 3 is 2.38 bits per heavy atom. The molecule has 0 amide bonds. The maximum absolute atomic E-state index is 13.5. The van der Waals surface area contributed by atoms with Crippen molar-refractivity contribution in [3.63, 3.8) is 0 Å². The van der Waals surface area contributed by atoms with E-state index in [9.17, 15) is 12.8 Å². The summed E-state index contributed by atoms with van der Waals surface area (Å²) < 4.78 is 38.2. The van der Waals surface area contributed by atoms with Gasteiger partial charge in [-0.2, -0.15) is 0 Å². The summed E-state index contributed by atoms with van der Waals surface area (Å²) in [6.45, 7) is 2.52. The fraction of sp³-hybridized carbons (Fsp3) is 0.111. The average molecular weight is 344 g/mol. The van der Waals surface area contributed by atoms with Crippen LogP contribution in [0.3, 0.4) is 0 Å². The van der Waals surface area contributed by atoms with Gasteiger partial charge < -0.3 is 4.57 Å². The highest BCUT2D eigenvalue weighted by atomic mass is 32.2. The van der Waals surface area contributed by atoms with Crippen LogP contribution in [0.15, 0.2) is 65.6 Å². The van der Waals surface area contributed by atoms with Crippen LogP contribution in [-0.4, -0.2) is 13.0 Å². The Bertz CT molecular complexity index is 977. The van der Waals surface area contributed by atoms with Gasteiger partial charge in [0.1, 0.15) is 5.82 Å². The number of nitrogens with two attached hydrogens (primary N) is 1. The molecule has 0 unspecified atom stereocenters. The number of sulfonamides is 1. The lowest BCUT2D eigenvalue weighted by Crippen LogP contribution is -2.12. The van der Waals surface area contributed by atoms with Crippen molar-refractivity contribution in [3.05, 3.63) is 77.7 Å². The second-order valence-electron chi connectivity index (χ2n) is 5.65. The van der Waals surface area contributed by atoms with Gasteiger partial charge in [-0.1, -0.05) is 24.3 Å². The molecule has 4 nitrogen and oxygen atoms in total. The van der Waals surface area contributed by atoms with E-state index in [0.29, 0.717) is 6.54 Å². The van der Waals surface area contributed by atoms with Crippen LogP contribution < -0.4 is 5.14 Å². The van der Waals surface area contributed by atoms with Gasteiger partial charge in [0.15, 0.2) is 0 Å². The van der Waals surface area contributed by atoms with Crippen molar-refractivity contribution in [2.45, 2.75) is 18.4 Å². The van der Waals surface area contributed by atoms with Crippen LogP contribution in [0, 0.1) is 12.7 Å². The minimum absolute atomic E-state index is 0.0841. The lowest BCUT2D eigenvalue weighted by molar-refractivity contribution is 0.597. The fourth-order valence-electron chi connectivity index (χ4n) is 2.65. The SMILES string of the molecule is Cc1ccc(-c2cccc(F)c2)n1Cc1ccc(S(N)(=O)=O)cc1. The molecule has 0 aliphatic heterocycles. The van der Waals surface area contributed by atoms with Crippen LogP contribution >= 0.6 is 0 Å². The van der Waals surface area contributed by atoms with Gasteiger partial charge in [0.05, 0.1) is 4.90 Å². The first-order valence-electron chi connectivity index (χ1n) is 7.38. The average Bonchev–Trinajstić information content (AvgIpc) is 2.88. The molecule has 2 N–H and O–H groups in total. The van der Waals surface area contributed by atoms with E-state index in [2.05, 4.69) is 4.57 Å². The van der Waals surface area contributed by atoms with Crippen molar-refractivity contribution in [1.82, 2.24) is 4.57 Å². The van der Waals surface area contributed by atoms with Crippen LogP contribution in [0.2, 0.25) is 0 Å². The molecule has 0 fully saturated rings. The Hall–Kier alpha value is -2.44. The Morgan fingerprint density at radius 2 is 1.75 bits per heavy atom. The van der Waals surface area contributed by atoms with Crippen LogP contribution in [0.1, 0.15) is 11.3 Å². The van der Waals surface area contributed by atoms with E-state index in [4.69, 9.17) is 5.14 Å². The molecule has 0 radical (unpaired) electrons. The molecule has 2 aromatic carbocycles. The van der Waals surface area contributed by atoms with Gasteiger partial charge >= 0.3 is 0 Å². The predicted molar refractivity (Wildman–Crippen MR) is 91.5 cm³/mol. The number of aryl methyl sites for hydroxylation is 1. The molecule has 0 bridgehead atoms. The van der Waals surface area contributed by atoms with Gasteiger partial charge in [0.25, 0.3) is 0 Å². The van der Waals surface area contributed by atoms with Gasteiger partial charge in [-0.3, -0.25) is 0 Å². The lowest BCUT2D eigenvalue weighted by atomic mass is 10.1. The highest BCUT2D eigenvalue weighted by Crippen LogP contribution is 2.24. The van der Waals surface area contributed by atoms with E-state index in [1.807, 2.05) is 25.1 Å². The summed E-state index contributed by atoms with van der Waals surface area (Å²) in [6, 6.07) is 16.8. The summed E-state index contributed by atoms with van der Waals surface area (Å²) in [4.78, 5) is 0.0841. The fourth-order valence-corrected chi connectivity index (χ4v) is 3.16. The molecule has 0 saturated carbocycles. The zero-order valence-corrected chi connectivity index (χ0v) is 13.9. The smallest absolute Gasteiger partial charge is 0.238 e. The first-order valence-corrected chi connectivity index (χ1v) is 8.93. The van der Waals surface area contributed by atoms with Crippen LogP contribution in [0.5, 0.6) is 0 Å². The summed E-state index contributed by atoms with van der Waals surface area (Å²) in [6.07, 6.45) is 0. The third kappa shape index (κ3) is 3.39. The van der Waals surface area contributed by atoms with Crippen LogP contribution in [0.25, 0.3) is 11.3 Å². The van der Waals surface area contributed by atoms with Gasteiger partial charge in [-0.05, 0) is 48.9 Å². The predicted octanol–water partition coefficient (Wildman–Crippen LogP) is 3.30. The Morgan fingerprint density at radius 1 is 1.04 bits per heavy atom. The molecule has 3 aromatic rings. The number of halogens is 1. The third-order valence-electron chi connectivity index (χ3n) is 3.91. The molecule has 0 spiro atoms. The minimum Gasteiger partial charge on any atom is -0.340 e. The summed E-state index contributed by atoms with van der Waals surface area (Å²) >= 11 is 0. The largest absolute Gasteiger partial charge is 0.340 e. The highest BCUT2D eigenvalue weighted by molar-refractivity contribution is 7.89. The third-order valence-corrected chi connectivity index (χ3v) is 4.84. The molecule has 0 aliphatic carbocycles. The van der Waals surface area contributed by atoms with Gasteiger partial charge in [0, 0.05) is 23.5 Å². The van der Waals surface area contributed by atoms with Crippen molar-refractivity contribution in [2.24, 2.45) is 5.14 Å². The number of nitrogens with zero attached hydrogens (tertiary/aromatic N) is 1. The lowest BCUT2D eigenvalue weighted by Gasteiger charge is -2.12. The molecule has 3 rings (SSSR count). The van der Waals surface area contributed by atoms with Gasteiger partial charge in [-0.25, -0.2) is 17.9 Å². The Kier molecular flexibility index (Phi) is 4.26. The van der Waals surface area contributed by atoms with Crippen molar-refractivity contribution >= 4 is 10.0 Å². The molecule has 6 heteroatoms. The van der Waals surface area contributed by atoms with Crippen LogP contribution in [-0.2, 0) is 16.6 Å². The van der Waals surface area contributed by atoms with Gasteiger partial charge in [-0.15, -0.1) is 0 Å². The second-order valence-corrected chi connectivity index (χ2v) is 7.21. The number of aromatic nitrogens is 1. The first-order chi connectivity index (χ1) is 11.3. The van der Waals surface area contributed by atoms with E-state index in [-0.39, 0.29) is 10.7 Å². The maximum atomic E-state index is 13.5. The van der Waals surface area contributed by atoms with Gasteiger partial charge in [0.2, 0.25) is 10.0 Å².